The molecule has 0 saturated carbocycles. The van der Waals surface area contributed by atoms with E-state index in [1.54, 1.807) is 7.11 Å². The molecule has 1 unspecified atom stereocenters. The van der Waals surface area contributed by atoms with E-state index in [4.69, 9.17) is 16.3 Å². The van der Waals surface area contributed by atoms with E-state index in [0.717, 1.165) is 32.5 Å². The van der Waals surface area contributed by atoms with Crippen LogP contribution in [0, 0.1) is 5.41 Å². The first-order chi connectivity index (χ1) is 9.06. The van der Waals surface area contributed by atoms with E-state index >= 15 is 0 Å². The highest BCUT2D eigenvalue weighted by molar-refractivity contribution is 6.32. The number of halogens is 1. The number of hydrogen-bond acceptors (Lipinski definition) is 3. The van der Waals surface area contributed by atoms with Gasteiger partial charge in [0, 0.05) is 25.1 Å². The molecule has 0 aromatic heterocycles. The van der Waals surface area contributed by atoms with Gasteiger partial charge in [-0.15, -0.1) is 0 Å². The van der Waals surface area contributed by atoms with Crippen molar-refractivity contribution in [3.8, 4) is 5.75 Å². The molecule has 0 aliphatic carbocycles. The molecule has 0 radical (unpaired) electrons. The molecule has 1 heterocycles. The van der Waals surface area contributed by atoms with Gasteiger partial charge in [0.1, 0.15) is 5.75 Å². The van der Waals surface area contributed by atoms with Gasteiger partial charge < -0.3 is 9.84 Å². The Bertz CT molecular complexity index is 438. The fourth-order valence-electron chi connectivity index (χ4n) is 2.76. The lowest BCUT2D eigenvalue weighted by Gasteiger charge is -2.39. The van der Waals surface area contributed by atoms with Crippen molar-refractivity contribution in [2.24, 2.45) is 5.41 Å². The zero-order chi connectivity index (χ0) is 13.9. The van der Waals surface area contributed by atoms with Crippen LogP contribution in [0.15, 0.2) is 18.2 Å². The summed E-state index contributed by atoms with van der Waals surface area (Å²) < 4.78 is 5.16. The molecule has 1 aromatic carbocycles. The van der Waals surface area contributed by atoms with Crippen molar-refractivity contribution < 1.29 is 9.84 Å². The van der Waals surface area contributed by atoms with Gasteiger partial charge in [-0.1, -0.05) is 24.6 Å². The summed E-state index contributed by atoms with van der Waals surface area (Å²) in [5.74, 6) is 0.712. The van der Waals surface area contributed by atoms with Crippen LogP contribution in [-0.2, 0) is 6.54 Å². The summed E-state index contributed by atoms with van der Waals surface area (Å²) in [5.41, 5.74) is 1.22. The minimum Gasteiger partial charge on any atom is -0.495 e. The van der Waals surface area contributed by atoms with Gasteiger partial charge in [0.05, 0.1) is 12.1 Å². The third-order valence-electron chi connectivity index (χ3n) is 3.86. The number of ether oxygens (including phenoxy) is 1. The highest BCUT2D eigenvalue weighted by Crippen LogP contribution is 2.30. The summed E-state index contributed by atoms with van der Waals surface area (Å²) in [5, 5.41) is 10.1. The molecule has 1 aromatic rings. The van der Waals surface area contributed by atoms with Crippen LogP contribution < -0.4 is 4.74 Å². The lowest BCUT2D eigenvalue weighted by Crippen LogP contribution is -2.43. The van der Waals surface area contributed by atoms with Gasteiger partial charge in [0.15, 0.2) is 0 Å². The predicted octanol–water partition coefficient (Wildman–Crippen LogP) is 2.94. The molecule has 1 aliphatic heterocycles. The second-order valence-corrected chi connectivity index (χ2v) is 6.16. The maximum atomic E-state index is 9.48. The van der Waals surface area contributed by atoms with E-state index < -0.39 is 0 Å². The van der Waals surface area contributed by atoms with Crippen LogP contribution in [0.1, 0.15) is 25.3 Å². The normalized spacial score (nSPS) is 24.4. The largest absolute Gasteiger partial charge is 0.495 e. The number of rotatable bonds is 4. The Morgan fingerprint density at radius 2 is 2.26 bits per heavy atom. The number of aliphatic hydroxyl groups is 1. The molecule has 0 amide bonds. The Morgan fingerprint density at radius 3 is 2.89 bits per heavy atom. The van der Waals surface area contributed by atoms with Crippen molar-refractivity contribution >= 4 is 11.6 Å². The molecule has 19 heavy (non-hydrogen) atoms. The van der Waals surface area contributed by atoms with Gasteiger partial charge >= 0.3 is 0 Å². The maximum Gasteiger partial charge on any atom is 0.137 e. The highest BCUT2D eigenvalue weighted by Gasteiger charge is 2.30. The zero-order valence-corrected chi connectivity index (χ0v) is 12.4. The van der Waals surface area contributed by atoms with E-state index in [9.17, 15) is 5.11 Å². The first-order valence-corrected chi connectivity index (χ1v) is 7.10. The second kappa shape index (κ2) is 6.12. The zero-order valence-electron chi connectivity index (χ0n) is 11.7. The Hall–Kier alpha value is -0.770. The highest BCUT2D eigenvalue weighted by atomic mass is 35.5. The number of nitrogens with zero attached hydrogens (tertiary/aromatic N) is 1. The van der Waals surface area contributed by atoms with Crippen LogP contribution in [0.3, 0.4) is 0 Å². The predicted molar refractivity (Wildman–Crippen MR) is 77.7 cm³/mol. The number of benzene rings is 1. The first-order valence-electron chi connectivity index (χ1n) is 6.72. The molecule has 1 fully saturated rings. The standard InChI is InChI=1S/C15H22ClNO2/c1-15(11-18)6-3-7-17(10-15)9-12-4-5-14(19-2)13(16)8-12/h4-5,8,18H,3,6-7,9-11H2,1-2H3. The summed E-state index contributed by atoms with van der Waals surface area (Å²) in [4.78, 5) is 2.39. The van der Waals surface area contributed by atoms with E-state index in [0.29, 0.717) is 10.8 Å². The Balaban J connectivity index is 2.03. The number of likely N-dealkylation sites (tertiary alicyclic amines) is 1. The summed E-state index contributed by atoms with van der Waals surface area (Å²) >= 11 is 6.15. The van der Waals surface area contributed by atoms with Crippen molar-refractivity contribution in [3.63, 3.8) is 0 Å². The molecule has 1 aliphatic rings. The molecule has 0 spiro atoms. The molecular formula is C15H22ClNO2. The average Bonchev–Trinajstić information content (AvgIpc) is 2.39. The van der Waals surface area contributed by atoms with Crippen LogP contribution in [-0.4, -0.2) is 36.8 Å². The van der Waals surface area contributed by atoms with Crippen molar-refractivity contribution in [3.05, 3.63) is 28.8 Å². The first kappa shape index (κ1) is 14.6. The lowest BCUT2D eigenvalue weighted by molar-refractivity contribution is 0.0429. The van der Waals surface area contributed by atoms with Crippen LogP contribution >= 0.6 is 11.6 Å². The number of hydrogen-bond donors (Lipinski definition) is 1. The fourth-order valence-corrected chi connectivity index (χ4v) is 3.04. The van der Waals surface area contributed by atoms with E-state index in [-0.39, 0.29) is 12.0 Å². The topological polar surface area (TPSA) is 32.7 Å². The second-order valence-electron chi connectivity index (χ2n) is 5.75. The minimum atomic E-state index is 0.0362. The summed E-state index contributed by atoms with van der Waals surface area (Å²) in [6, 6.07) is 5.92. The molecule has 1 saturated heterocycles. The third kappa shape index (κ3) is 3.62. The van der Waals surface area contributed by atoms with Gasteiger partial charge in [-0.05, 0) is 37.1 Å². The van der Waals surface area contributed by atoms with Crippen molar-refractivity contribution in [1.82, 2.24) is 4.90 Å². The smallest absolute Gasteiger partial charge is 0.137 e. The SMILES string of the molecule is COc1ccc(CN2CCCC(C)(CO)C2)cc1Cl. The molecular weight excluding hydrogens is 262 g/mol. The molecule has 2 rings (SSSR count). The molecule has 106 valence electrons. The maximum absolute atomic E-state index is 9.48. The van der Waals surface area contributed by atoms with Gasteiger partial charge in [-0.3, -0.25) is 4.90 Å². The Morgan fingerprint density at radius 1 is 1.47 bits per heavy atom. The van der Waals surface area contributed by atoms with Crippen LogP contribution in [0.4, 0.5) is 0 Å². The van der Waals surface area contributed by atoms with Crippen LogP contribution in [0.25, 0.3) is 0 Å². The van der Waals surface area contributed by atoms with Crippen LogP contribution in [0.5, 0.6) is 5.75 Å². The average molecular weight is 284 g/mol. The summed E-state index contributed by atoms with van der Waals surface area (Å²) in [7, 11) is 1.62. The third-order valence-corrected chi connectivity index (χ3v) is 4.16. The lowest BCUT2D eigenvalue weighted by atomic mass is 9.82. The van der Waals surface area contributed by atoms with Gasteiger partial charge in [-0.2, -0.15) is 0 Å². The summed E-state index contributed by atoms with van der Waals surface area (Å²) in [6.45, 7) is 5.30. The van der Waals surface area contributed by atoms with Crippen molar-refractivity contribution in [2.75, 3.05) is 26.8 Å². The Labute approximate surface area is 120 Å². The van der Waals surface area contributed by atoms with Gasteiger partial charge in [-0.25, -0.2) is 0 Å². The quantitative estimate of drug-likeness (QED) is 0.922. The molecule has 3 nitrogen and oxygen atoms in total. The Kier molecular flexibility index (Phi) is 4.71. The molecule has 4 heteroatoms. The van der Waals surface area contributed by atoms with Crippen molar-refractivity contribution in [1.29, 1.82) is 0 Å². The van der Waals surface area contributed by atoms with Gasteiger partial charge in [0.25, 0.3) is 0 Å². The molecule has 1 atom stereocenters. The number of aliphatic hydroxyl groups excluding tert-OH is 1. The molecule has 0 bridgehead atoms. The fraction of sp³-hybridized carbons (Fsp3) is 0.600. The van der Waals surface area contributed by atoms with E-state index in [1.165, 1.54) is 5.56 Å². The van der Waals surface area contributed by atoms with E-state index in [1.807, 2.05) is 12.1 Å². The molecule has 1 N–H and O–H groups in total. The monoisotopic (exact) mass is 283 g/mol. The summed E-state index contributed by atoms with van der Waals surface area (Å²) in [6.07, 6.45) is 2.24. The van der Waals surface area contributed by atoms with Crippen LogP contribution in [0.2, 0.25) is 5.02 Å². The number of piperidine rings is 1. The van der Waals surface area contributed by atoms with Crippen molar-refractivity contribution in [2.45, 2.75) is 26.3 Å². The minimum absolute atomic E-state index is 0.0362. The van der Waals surface area contributed by atoms with E-state index in [2.05, 4.69) is 17.9 Å². The number of methoxy groups -OCH3 is 1. The van der Waals surface area contributed by atoms with Gasteiger partial charge in [0.2, 0.25) is 0 Å².